The zero-order valence-electron chi connectivity index (χ0n) is 13.3. The molecule has 0 saturated heterocycles. The van der Waals surface area contributed by atoms with Crippen LogP contribution in [0.25, 0.3) is 0 Å². The molecule has 126 valence electrons. The summed E-state index contributed by atoms with van der Waals surface area (Å²) in [5.74, 6) is 0.181. The minimum absolute atomic E-state index is 0.0875. The van der Waals surface area contributed by atoms with E-state index >= 15 is 0 Å². The molecule has 6 heteroatoms. The number of aliphatic carboxylic acids is 1. The van der Waals surface area contributed by atoms with Crippen LogP contribution in [-0.4, -0.2) is 24.2 Å². The molecule has 2 aromatic carbocycles. The summed E-state index contributed by atoms with van der Waals surface area (Å²) in [6.07, 6.45) is 0. The van der Waals surface area contributed by atoms with Crippen LogP contribution in [0.3, 0.4) is 0 Å². The molecular weight excluding hydrogens is 326 g/mol. The van der Waals surface area contributed by atoms with E-state index in [1.165, 1.54) is 11.1 Å². The van der Waals surface area contributed by atoms with Gasteiger partial charge in [0.1, 0.15) is 12.4 Å². The highest BCUT2D eigenvalue weighted by molar-refractivity contribution is 7.99. The predicted molar refractivity (Wildman–Crippen MR) is 92.9 cm³/mol. The van der Waals surface area contributed by atoms with E-state index in [1.54, 1.807) is 36.0 Å². The Morgan fingerprint density at radius 2 is 1.75 bits per heavy atom. The lowest BCUT2D eigenvalue weighted by atomic mass is 10.2. The fourth-order valence-corrected chi connectivity index (χ4v) is 2.71. The van der Waals surface area contributed by atoms with Crippen molar-refractivity contribution in [3.8, 4) is 5.75 Å². The number of anilines is 1. The third kappa shape index (κ3) is 6.34. The summed E-state index contributed by atoms with van der Waals surface area (Å²) in [6.45, 7) is 1.54. The van der Waals surface area contributed by atoms with E-state index in [-0.39, 0.29) is 5.91 Å². The van der Waals surface area contributed by atoms with E-state index < -0.39 is 12.6 Å². The standard InChI is InChI=1S/C18H19NO4S/c1-13-2-4-14(5-3-13)11-24-12-17(20)19-15-6-8-16(9-7-15)23-10-18(21)22/h2-9H,10-12H2,1H3,(H,19,20)(H,21,22)/p-1. The first-order valence-electron chi connectivity index (χ1n) is 7.39. The summed E-state index contributed by atoms with van der Waals surface area (Å²) in [5.41, 5.74) is 3.04. The van der Waals surface area contributed by atoms with E-state index in [0.717, 1.165) is 5.75 Å². The molecule has 0 aromatic heterocycles. The molecular formula is C18H18NO4S-. The quantitative estimate of drug-likeness (QED) is 0.792. The summed E-state index contributed by atoms with van der Waals surface area (Å²) in [6, 6.07) is 14.7. The maximum absolute atomic E-state index is 11.9. The summed E-state index contributed by atoms with van der Waals surface area (Å²) < 4.78 is 4.97. The molecule has 0 fully saturated rings. The first kappa shape index (κ1) is 17.9. The molecule has 0 heterocycles. The number of carbonyl (C=O) groups excluding carboxylic acids is 2. The maximum atomic E-state index is 11.9. The molecule has 0 atom stereocenters. The molecule has 2 rings (SSSR count). The van der Waals surface area contributed by atoms with Crippen LogP contribution in [0.2, 0.25) is 0 Å². The van der Waals surface area contributed by atoms with E-state index in [4.69, 9.17) is 4.74 Å². The number of amides is 1. The Morgan fingerprint density at radius 1 is 1.08 bits per heavy atom. The van der Waals surface area contributed by atoms with Crippen LogP contribution >= 0.6 is 11.8 Å². The molecule has 5 nitrogen and oxygen atoms in total. The third-order valence-corrected chi connectivity index (χ3v) is 4.12. The van der Waals surface area contributed by atoms with Gasteiger partial charge in [0.25, 0.3) is 0 Å². The molecule has 0 aliphatic heterocycles. The average molecular weight is 344 g/mol. The van der Waals surface area contributed by atoms with Crippen molar-refractivity contribution < 1.29 is 19.4 Å². The Bertz CT molecular complexity index is 683. The Hall–Kier alpha value is -2.47. The van der Waals surface area contributed by atoms with Crippen LogP contribution < -0.4 is 15.2 Å². The van der Waals surface area contributed by atoms with E-state index in [0.29, 0.717) is 17.2 Å². The van der Waals surface area contributed by atoms with Gasteiger partial charge in [-0.05, 0) is 36.8 Å². The molecule has 0 radical (unpaired) electrons. The van der Waals surface area contributed by atoms with E-state index in [9.17, 15) is 14.7 Å². The van der Waals surface area contributed by atoms with Gasteiger partial charge in [0, 0.05) is 11.4 Å². The van der Waals surface area contributed by atoms with Crippen LogP contribution in [0.4, 0.5) is 5.69 Å². The SMILES string of the molecule is Cc1ccc(CSCC(=O)Nc2ccc(OCC(=O)[O-])cc2)cc1. The normalized spacial score (nSPS) is 10.2. The number of carboxylic acid groups (broad SMARTS) is 1. The van der Waals surface area contributed by atoms with Crippen LogP contribution in [-0.2, 0) is 15.3 Å². The Morgan fingerprint density at radius 3 is 2.38 bits per heavy atom. The maximum Gasteiger partial charge on any atom is 0.234 e. The van der Waals surface area contributed by atoms with Crippen molar-refractivity contribution in [2.24, 2.45) is 0 Å². The van der Waals surface area contributed by atoms with Gasteiger partial charge in [-0.2, -0.15) is 0 Å². The smallest absolute Gasteiger partial charge is 0.234 e. The van der Waals surface area contributed by atoms with Crippen molar-refractivity contribution in [2.75, 3.05) is 17.7 Å². The van der Waals surface area contributed by atoms with Gasteiger partial charge in [-0.15, -0.1) is 11.8 Å². The molecule has 2 aromatic rings. The lowest BCUT2D eigenvalue weighted by Gasteiger charge is -2.08. The van der Waals surface area contributed by atoms with Crippen molar-refractivity contribution in [3.05, 3.63) is 59.7 Å². The van der Waals surface area contributed by atoms with Crippen LogP contribution in [0.15, 0.2) is 48.5 Å². The molecule has 0 unspecified atom stereocenters. The Balaban J connectivity index is 1.73. The Kier molecular flexibility index (Phi) is 6.69. The van der Waals surface area contributed by atoms with Crippen molar-refractivity contribution in [2.45, 2.75) is 12.7 Å². The molecule has 0 aliphatic rings. The number of benzene rings is 2. The predicted octanol–water partition coefficient (Wildman–Crippen LogP) is 2.00. The number of nitrogens with one attached hydrogen (secondary N) is 1. The molecule has 0 saturated carbocycles. The first-order valence-corrected chi connectivity index (χ1v) is 8.54. The Labute approximate surface area is 145 Å². The zero-order chi connectivity index (χ0) is 17.4. The monoisotopic (exact) mass is 344 g/mol. The summed E-state index contributed by atoms with van der Waals surface area (Å²) in [4.78, 5) is 22.2. The largest absolute Gasteiger partial charge is 0.546 e. The van der Waals surface area contributed by atoms with Gasteiger partial charge in [0.05, 0.1) is 11.7 Å². The number of carbonyl (C=O) groups is 2. The van der Waals surface area contributed by atoms with Gasteiger partial charge in [-0.1, -0.05) is 29.8 Å². The topological polar surface area (TPSA) is 78.5 Å². The highest BCUT2D eigenvalue weighted by atomic mass is 32.2. The molecule has 0 aliphatic carbocycles. The summed E-state index contributed by atoms with van der Waals surface area (Å²) in [7, 11) is 0. The van der Waals surface area contributed by atoms with Crippen molar-refractivity contribution in [1.82, 2.24) is 0 Å². The van der Waals surface area contributed by atoms with Gasteiger partial charge < -0.3 is 20.0 Å². The molecule has 1 amide bonds. The third-order valence-electron chi connectivity index (χ3n) is 3.12. The van der Waals surface area contributed by atoms with Gasteiger partial charge in [0.2, 0.25) is 5.91 Å². The first-order chi connectivity index (χ1) is 11.5. The lowest BCUT2D eigenvalue weighted by Crippen LogP contribution is -2.28. The summed E-state index contributed by atoms with van der Waals surface area (Å²) >= 11 is 1.55. The second kappa shape index (κ2) is 8.98. The second-order valence-corrected chi connectivity index (χ2v) is 6.20. The van der Waals surface area contributed by atoms with Crippen molar-refractivity contribution in [1.29, 1.82) is 0 Å². The highest BCUT2D eigenvalue weighted by Gasteiger charge is 2.04. The number of ether oxygens (including phenoxy) is 1. The van der Waals surface area contributed by atoms with Crippen LogP contribution in [0.1, 0.15) is 11.1 Å². The van der Waals surface area contributed by atoms with Gasteiger partial charge in [-0.3, -0.25) is 4.79 Å². The van der Waals surface area contributed by atoms with Gasteiger partial charge >= 0.3 is 0 Å². The van der Waals surface area contributed by atoms with E-state index in [2.05, 4.69) is 29.6 Å². The van der Waals surface area contributed by atoms with Gasteiger partial charge in [0.15, 0.2) is 0 Å². The number of thioether (sulfide) groups is 1. The minimum atomic E-state index is -1.28. The number of rotatable bonds is 8. The van der Waals surface area contributed by atoms with Crippen LogP contribution in [0.5, 0.6) is 5.75 Å². The fourth-order valence-electron chi connectivity index (χ4n) is 1.92. The minimum Gasteiger partial charge on any atom is -0.546 e. The molecule has 0 spiro atoms. The van der Waals surface area contributed by atoms with Gasteiger partial charge in [-0.25, -0.2) is 0 Å². The summed E-state index contributed by atoms with van der Waals surface area (Å²) in [5, 5.41) is 13.1. The number of hydrogen-bond donors (Lipinski definition) is 1. The second-order valence-electron chi connectivity index (χ2n) is 5.21. The number of carboxylic acids is 1. The van der Waals surface area contributed by atoms with Crippen molar-refractivity contribution >= 4 is 29.3 Å². The lowest BCUT2D eigenvalue weighted by molar-refractivity contribution is -0.307. The highest BCUT2D eigenvalue weighted by Crippen LogP contribution is 2.17. The molecule has 1 N–H and O–H groups in total. The molecule has 0 bridgehead atoms. The van der Waals surface area contributed by atoms with Crippen LogP contribution in [0, 0.1) is 6.92 Å². The van der Waals surface area contributed by atoms with E-state index in [1.807, 2.05) is 6.92 Å². The fraction of sp³-hybridized carbons (Fsp3) is 0.222. The average Bonchev–Trinajstić information content (AvgIpc) is 2.56. The number of hydrogen-bond acceptors (Lipinski definition) is 5. The van der Waals surface area contributed by atoms with Crippen molar-refractivity contribution in [3.63, 3.8) is 0 Å². The number of aryl methyl sites for hydroxylation is 1. The molecule has 24 heavy (non-hydrogen) atoms. The zero-order valence-corrected chi connectivity index (χ0v) is 14.1.